The predicted octanol–water partition coefficient (Wildman–Crippen LogP) is 3.22. The highest BCUT2D eigenvalue weighted by molar-refractivity contribution is 7.89. The predicted molar refractivity (Wildman–Crippen MR) is 98.3 cm³/mol. The van der Waals surface area contributed by atoms with E-state index in [1.807, 2.05) is 0 Å². The van der Waals surface area contributed by atoms with Gasteiger partial charge in [0, 0.05) is 31.3 Å². The minimum Gasteiger partial charge on any atom is -0.446 e. The molecule has 0 unspecified atom stereocenters. The summed E-state index contributed by atoms with van der Waals surface area (Å²) in [6.07, 6.45) is 2.66. The summed E-state index contributed by atoms with van der Waals surface area (Å²) < 4.78 is 45.7. The Morgan fingerprint density at radius 1 is 1.22 bits per heavy atom. The van der Waals surface area contributed by atoms with Crippen LogP contribution in [0.2, 0.25) is 0 Å². The van der Waals surface area contributed by atoms with Gasteiger partial charge in [-0.2, -0.15) is 4.31 Å². The van der Waals surface area contributed by atoms with Crippen LogP contribution in [0.1, 0.15) is 30.6 Å². The van der Waals surface area contributed by atoms with E-state index >= 15 is 0 Å². The molecule has 7 nitrogen and oxygen atoms in total. The van der Waals surface area contributed by atoms with Gasteiger partial charge in [-0.15, -0.1) is 0 Å². The van der Waals surface area contributed by atoms with Crippen LogP contribution in [0.5, 0.6) is 0 Å². The number of amides is 2. The minimum absolute atomic E-state index is 0.00827. The van der Waals surface area contributed by atoms with Gasteiger partial charge in [-0.1, -0.05) is 24.6 Å². The van der Waals surface area contributed by atoms with Crippen molar-refractivity contribution in [1.29, 1.82) is 0 Å². The third-order valence-corrected chi connectivity index (χ3v) is 6.20. The molecule has 1 aliphatic heterocycles. The number of halogens is 1. The third-order valence-electron chi connectivity index (χ3n) is 4.45. The van der Waals surface area contributed by atoms with Gasteiger partial charge in [0.25, 0.3) is 10.0 Å². The molecule has 1 aliphatic rings. The van der Waals surface area contributed by atoms with E-state index in [-0.39, 0.29) is 23.1 Å². The number of nitrogens with zero attached hydrogens (tertiary/aromatic N) is 1. The molecule has 0 aliphatic carbocycles. The molecule has 1 aromatic heterocycles. The van der Waals surface area contributed by atoms with Gasteiger partial charge >= 0.3 is 6.03 Å². The van der Waals surface area contributed by atoms with Crippen LogP contribution in [0.3, 0.4) is 0 Å². The Hall–Kier alpha value is -2.39. The number of urea groups is 1. The summed E-state index contributed by atoms with van der Waals surface area (Å²) in [4.78, 5) is 12.1. The summed E-state index contributed by atoms with van der Waals surface area (Å²) in [6, 6.07) is 6.86. The molecule has 1 aromatic carbocycles. The second kappa shape index (κ2) is 8.10. The van der Waals surface area contributed by atoms with E-state index in [0.717, 1.165) is 19.3 Å². The molecule has 0 bridgehead atoms. The number of piperidine rings is 1. The first kappa shape index (κ1) is 19.4. The molecular formula is C18H22FN3O4S. The smallest absolute Gasteiger partial charge is 0.319 e. The fourth-order valence-corrected chi connectivity index (χ4v) is 4.41. The molecule has 0 radical (unpaired) electrons. The summed E-state index contributed by atoms with van der Waals surface area (Å²) in [5.74, 6) is -0.126. The summed E-state index contributed by atoms with van der Waals surface area (Å²) >= 11 is 0. The van der Waals surface area contributed by atoms with Crippen LogP contribution in [0, 0.1) is 12.7 Å². The second-order valence-electron chi connectivity index (χ2n) is 6.40. The molecule has 2 amide bonds. The first-order valence-electron chi connectivity index (χ1n) is 8.77. The molecule has 146 valence electrons. The zero-order valence-electron chi connectivity index (χ0n) is 15.0. The number of hydrogen-bond donors (Lipinski definition) is 2. The van der Waals surface area contributed by atoms with Crippen molar-refractivity contribution in [1.82, 2.24) is 9.62 Å². The van der Waals surface area contributed by atoms with Gasteiger partial charge in [0.2, 0.25) is 5.09 Å². The zero-order valence-corrected chi connectivity index (χ0v) is 15.8. The molecule has 1 saturated heterocycles. The lowest BCUT2D eigenvalue weighted by Crippen LogP contribution is -2.35. The first-order valence-corrected chi connectivity index (χ1v) is 10.2. The van der Waals surface area contributed by atoms with Crippen LogP contribution in [0.25, 0.3) is 0 Å². The van der Waals surface area contributed by atoms with Crippen molar-refractivity contribution in [3.8, 4) is 0 Å². The first-order chi connectivity index (χ1) is 12.9. The second-order valence-corrected chi connectivity index (χ2v) is 8.27. The molecule has 0 saturated carbocycles. The van der Waals surface area contributed by atoms with Crippen LogP contribution in [-0.4, -0.2) is 31.8 Å². The lowest BCUT2D eigenvalue weighted by Gasteiger charge is -2.24. The number of sulfonamides is 1. The van der Waals surface area contributed by atoms with Crippen LogP contribution < -0.4 is 10.6 Å². The van der Waals surface area contributed by atoms with E-state index in [2.05, 4.69) is 10.6 Å². The Balaban J connectivity index is 1.65. The highest BCUT2D eigenvalue weighted by Crippen LogP contribution is 2.27. The Labute approximate surface area is 157 Å². The van der Waals surface area contributed by atoms with Gasteiger partial charge in [0.15, 0.2) is 0 Å². The quantitative estimate of drug-likeness (QED) is 0.813. The number of carbonyl (C=O) groups is 1. The largest absolute Gasteiger partial charge is 0.446 e. The van der Waals surface area contributed by atoms with Crippen molar-refractivity contribution >= 4 is 21.7 Å². The monoisotopic (exact) mass is 395 g/mol. The molecule has 0 atom stereocenters. The van der Waals surface area contributed by atoms with Crippen molar-refractivity contribution in [3.05, 3.63) is 47.5 Å². The summed E-state index contributed by atoms with van der Waals surface area (Å²) in [6.45, 7) is 2.51. The summed E-state index contributed by atoms with van der Waals surface area (Å²) in [7, 11) is -3.72. The average Bonchev–Trinajstić information content (AvgIpc) is 3.03. The normalized spacial score (nSPS) is 15.5. The van der Waals surface area contributed by atoms with Gasteiger partial charge in [0.1, 0.15) is 11.6 Å². The number of carbonyl (C=O) groups excluding carboxylic acids is 1. The van der Waals surface area contributed by atoms with E-state index in [4.69, 9.17) is 4.42 Å². The fourth-order valence-electron chi connectivity index (χ4n) is 2.92. The molecule has 2 N–H and O–H groups in total. The van der Waals surface area contributed by atoms with Gasteiger partial charge < -0.3 is 15.1 Å². The van der Waals surface area contributed by atoms with E-state index in [9.17, 15) is 17.6 Å². The van der Waals surface area contributed by atoms with Crippen molar-refractivity contribution < 1.29 is 22.0 Å². The number of rotatable bonds is 5. The molecular weight excluding hydrogens is 373 g/mol. The van der Waals surface area contributed by atoms with Crippen LogP contribution in [0.4, 0.5) is 14.9 Å². The van der Waals surface area contributed by atoms with Crippen LogP contribution in [0.15, 0.2) is 39.8 Å². The minimum atomic E-state index is -3.72. The van der Waals surface area contributed by atoms with Crippen LogP contribution >= 0.6 is 0 Å². The van der Waals surface area contributed by atoms with Crippen molar-refractivity contribution in [3.63, 3.8) is 0 Å². The molecule has 27 heavy (non-hydrogen) atoms. The average molecular weight is 395 g/mol. The summed E-state index contributed by atoms with van der Waals surface area (Å²) in [5, 5.41) is 4.89. The number of benzene rings is 1. The third kappa shape index (κ3) is 4.48. The maximum atomic E-state index is 13.6. The van der Waals surface area contributed by atoms with Crippen LogP contribution in [-0.2, 0) is 16.6 Å². The topological polar surface area (TPSA) is 91.7 Å². The van der Waals surface area contributed by atoms with E-state index in [1.54, 1.807) is 25.1 Å². The Morgan fingerprint density at radius 3 is 2.63 bits per heavy atom. The fraction of sp³-hybridized carbons (Fsp3) is 0.389. The lowest BCUT2D eigenvalue weighted by atomic mass is 10.2. The number of furan rings is 1. The van der Waals surface area contributed by atoms with Gasteiger partial charge in [-0.3, -0.25) is 0 Å². The highest BCUT2D eigenvalue weighted by Gasteiger charge is 2.30. The number of aryl methyl sites for hydroxylation is 1. The van der Waals surface area contributed by atoms with E-state index < -0.39 is 21.9 Å². The Morgan fingerprint density at radius 2 is 1.93 bits per heavy atom. The van der Waals surface area contributed by atoms with E-state index in [0.29, 0.717) is 18.7 Å². The van der Waals surface area contributed by atoms with Gasteiger partial charge in [-0.25, -0.2) is 17.6 Å². The number of hydrogen-bond acceptors (Lipinski definition) is 4. The van der Waals surface area contributed by atoms with Crippen molar-refractivity contribution in [2.75, 3.05) is 18.4 Å². The van der Waals surface area contributed by atoms with Gasteiger partial charge in [0.05, 0.1) is 5.69 Å². The standard InChI is InChI=1S/C18H22FN3O4S/c1-13-16(21-18(23)20-12-14-7-3-4-8-15(14)19)11-17(26-13)27(24,25)22-9-5-2-6-10-22/h3-4,7-8,11H,2,5-6,9-10,12H2,1H3,(H2,20,21,23). The molecule has 1 fully saturated rings. The van der Waals surface area contributed by atoms with Gasteiger partial charge in [-0.05, 0) is 25.8 Å². The molecule has 2 heterocycles. The molecule has 2 aromatic rings. The molecule has 3 rings (SSSR count). The SMILES string of the molecule is Cc1oc(S(=O)(=O)N2CCCCC2)cc1NC(=O)NCc1ccccc1F. The Kier molecular flexibility index (Phi) is 5.81. The molecule has 0 spiro atoms. The highest BCUT2D eigenvalue weighted by atomic mass is 32.2. The maximum absolute atomic E-state index is 13.6. The zero-order chi connectivity index (χ0) is 19.4. The summed E-state index contributed by atoms with van der Waals surface area (Å²) in [5.41, 5.74) is 0.613. The number of anilines is 1. The van der Waals surface area contributed by atoms with Crippen molar-refractivity contribution in [2.24, 2.45) is 0 Å². The maximum Gasteiger partial charge on any atom is 0.319 e. The number of nitrogens with one attached hydrogen (secondary N) is 2. The van der Waals surface area contributed by atoms with Crippen molar-refractivity contribution in [2.45, 2.75) is 37.8 Å². The van der Waals surface area contributed by atoms with E-state index in [1.165, 1.54) is 16.4 Å². The lowest BCUT2D eigenvalue weighted by molar-refractivity contribution is 0.251. The Bertz CT molecular complexity index is 920. The molecule has 9 heteroatoms.